The highest BCUT2D eigenvalue weighted by molar-refractivity contribution is 5.88. The molecular weight excluding hydrogens is 300 g/mol. The van der Waals surface area contributed by atoms with E-state index in [4.69, 9.17) is 14.7 Å². The van der Waals surface area contributed by atoms with Crippen LogP contribution >= 0.6 is 0 Å². The van der Waals surface area contributed by atoms with Crippen LogP contribution in [-0.4, -0.2) is 0 Å². The molecule has 0 aliphatic rings. The Hall–Kier alpha value is -3.01. The van der Waals surface area contributed by atoms with E-state index < -0.39 is 0 Å². The fraction of sp³-hybridized carbons (Fsp3) is 0.150. The van der Waals surface area contributed by atoms with E-state index in [1.54, 1.807) is 0 Å². The highest BCUT2D eigenvalue weighted by Gasteiger charge is 2.16. The monoisotopic (exact) mass is 318 g/mol. The van der Waals surface area contributed by atoms with Crippen molar-refractivity contribution in [3.05, 3.63) is 64.5 Å². The summed E-state index contributed by atoms with van der Waals surface area (Å²) >= 11 is 0. The summed E-state index contributed by atoms with van der Waals surface area (Å²) in [5.74, 6) is 6.93. The number of fused-ring (bicyclic) bond motifs is 2. The molecule has 2 N–H and O–H groups in total. The zero-order valence-corrected chi connectivity index (χ0v) is 13.9. The van der Waals surface area contributed by atoms with Gasteiger partial charge in [-0.2, -0.15) is 5.10 Å². The number of rotatable bonds is 1. The van der Waals surface area contributed by atoms with Crippen molar-refractivity contribution in [2.75, 3.05) is 0 Å². The molecule has 0 atom stereocenters. The molecule has 2 heterocycles. The Morgan fingerprint density at radius 2 is 1.42 bits per heavy atom. The quantitative estimate of drug-likeness (QED) is 0.414. The first kappa shape index (κ1) is 14.6. The van der Waals surface area contributed by atoms with Gasteiger partial charge in [-0.05, 0) is 50.1 Å². The van der Waals surface area contributed by atoms with Crippen LogP contribution in [0.25, 0.3) is 33.5 Å². The van der Waals surface area contributed by atoms with E-state index in [1.807, 2.05) is 51.1 Å². The largest absolute Gasteiger partial charge is 0.453 e. The van der Waals surface area contributed by atoms with E-state index in [1.165, 1.54) is 0 Å². The molecule has 4 aromatic rings. The number of aryl methyl sites for hydroxylation is 3. The van der Waals surface area contributed by atoms with Crippen molar-refractivity contribution in [1.82, 2.24) is 0 Å². The van der Waals surface area contributed by atoms with Crippen LogP contribution in [0.4, 0.5) is 0 Å². The van der Waals surface area contributed by atoms with E-state index in [0.29, 0.717) is 16.9 Å². The molecule has 0 saturated carbocycles. The lowest BCUT2D eigenvalue weighted by molar-refractivity contribution is 0.559. The third kappa shape index (κ3) is 2.19. The average molecular weight is 318 g/mol. The maximum absolute atomic E-state index is 6.10. The summed E-state index contributed by atoms with van der Waals surface area (Å²) in [6.07, 6.45) is 0. The first-order chi connectivity index (χ1) is 11.6. The predicted molar refractivity (Wildman–Crippen MR) is 95.4 cm³/mol. The SMILES string of the molecule is Cc1ccc2c(C)c(-c3cc(=NN)c4ccc(C)cc4o3)oc2c1. The number of nitrogens with two attached hydrogens (primary N) is 1. The Morgan fingerprint density at radius 1 is 0.792 bits per heavy atom. The van der Waals surface area contributed by atoms with Gasteiger partial charge in [-0.15, -0.1) is 0 Å². The third-order valence-electron chi connectivity index (χ3n) is 4.36. The molecule has 24 heavy (non-hydrogen) atoms. The van der Waals surface area contributed by atoms with Gasteiger partial charge in [0.25, 0.3) is 0 Å². The molecule has 4 nitrogen and oxygen atoms in total. The zero-order chi connectivity index (χ0) is 16.8. The summed E-state index contributed by atoms with van der Waals surface area (Å²) < 4.78 is 12.2. The van der Waals surface area contributed by atoms with Gasteiger partial charge in [0.15, 0.2) is 11.5 Å². The van der Waals surface area contributed by atoms with E-state index in [9.17, 15) is 0 Å². The Morgan fingerprint density at radius 3 is 2.08 bits per heavy atom. The van der Waals surface area contributed by atoms with Gasteiger partial charge in [0.2, 0.25) is 0 Å². The van der Waals surface area contributed by atoms with E-state index in [-0.39, 0.29) is 0 Å². The van der Waals surface area contributed by atoms with Crippen LogP contribution in [0.5, 0.6) is 0 Å². The molecule has 0 aliphatic heterocycles. The lowest BCUT2D eigenvalue weighted by Crippen LogP contribution is -2.07. The summed E-state index contributed by atoms with van der Waals surface area (Å²) in [4.78, 5) is 0. The van der Waals surface area contributed by atoms with Crippen LogP contribution in [-0.2, 0) is 0 Å². The zero-order valence-electron chi connectivity index (χ0n) is 13.9. The van der Waals surface area contributed by atoms with Gasteiger partial charge >= 0.3 is 0 Å². The molecule has 2 aromatic heterocycles. The van der Waals surface area contributed by atoms with Gasteiger partial charge in [-0.25, -0.2) is 0 Å². The smallest absolute Gasteiger partial charge is 0.173 e. The molecule has 0 radical (unpaired) electrons. The maximum atomic E-state index is 6.10. The van der Waals surface area contributed by atoms with Crippen LogP contribution in [0, 0.1) is 20.8 Å². The number of nitrogens with zero attached hydrogens (tertiary/aromatic N) is 1. The Balaban J connectivity index is 2.05. The highest BCUT2D eigenvalue weighted by Crippen LogP contribution is 2.34. The van der Waals surface area contributed by atoms with Crippen molar-refractivity contribution in [2.24, 2.45) is 10.9 Å². The molecule has 0 unspecified atom stereocenters. The fourth-order valence-corrected chi connectivity index (χ4v) is 3.06. The summed E-state index contributed by atoms with van der Waals surface area (Å²) in [6.45, 7) is 6.10. The van der Waals surface area contributed by atoms with Crippen LogP contribution in [0.15, 0.2) is 56.4 Å². The summed E-state index contributed by atoms with van der Waals surface area (Å²) in [6, 6.07) is 14.0. The fourth-order valence-electron chi connectivity index (χ4n) is 3.06. The van der Waals surface area contributed by atoms with Gasteiger partial charge in [0.1, 0.15) is 11.2 Å². The number of furan rings is 1. The first-order valence-corrected chi connectivity index (χ1v) is 7.85. The van der Waals surface area contributed by atoms with E-state index >= 15 is 0 Å². The normalized spacial score (nSPS) is 12.4. The van der Waals surface area contributed by atoms with Crippen molar-refractivity contribution in [3.8, 4) is 11.5 Å². The minimum Gasteiger partial charge on any atom is -0.453 e. The van der Waals surface area contributed by atoms with Crippen LogP contribution in [0.2, 0.25) is 0 Å². The molecule has 0 saturated heterocycles. The van der Waals surface area contributed by atoms with Gasteiger partial charge < -0.3 is 14.7 Å². The van der Waals surface area contributed by atoms with Crippen molar-refractivity contribution in [1.29, 1.82) is 0 Å². The molecule has 120 valence electrons. The minimum atomic E-state index is 0.628. The van der Waals surface area contributed by atoms with Crippen molar-refractivity contribution >= 4 is 21.9 Å². The highest BCUT2D eigenvalue weighted by atomic mass is 16.4. The average Bonchev–Trinajstić information content (AvgIpc) is 2.89. The first-order valence-electron chi connectivity index (χ1n) is 7.85. The van der Waals surface area contributed by atoms with E-state index in [2.05, 4.69) is 17.2 Å². The van der Waals surface area contributed by atoms with Crippen molar-refractivity contribution in [2.45, 2.75) is 20.8 Å². The lowest BCUT2D eigenvalue weighted by Gasteiger charge is -2.04. The second-order valence-corrected chi connectivity index (χ2v) is 6.18. The number of hydrogen-bond donors (Lipinski definition) is 1. The van der Waals surface area contributed by atoms with Crippen molar-refractivity contribution < 1.29 is 8.83 Å². The van der Waals surface area contributed by atoms with Gasteiger partial charge in [-0.1, -0.05) is 18.2 Å². The van der Waals surface area contributed by atoms with Crippen LogP contribution in [0.1, 0.15) is 16.7 Å². The molecule has 0 spiro atoms. The Kier molecular flexibility index (Phi) is 3.20. The molecule has 4 heteroatoms. The lowest BCUT2D eigenvalue weighted by atomic mass is 10.1. The molecule has 0 bridgehead atoms. The Labute approximate surface area is 139 Å². The molecular formula is C20H18N2O2. The van der Waals surface area contributed by atoms with Gasteiger partial charge in [0, 0.05) is 22.4 Å². The molecule has 0 aliphatic carbocycles. The second kappa shape index (κ2) is 5.27. The number of hydrogen-bond acceptors (Lipinski definition) is 4. The maximum Gasteiger partial charge on any atom is 0.173 e. The summed E-state index contributed by atoms with van der Waals surface area (Å²) in [7, 11) is 0. The van der Waals surface area contributed by atoms with Gasteiger partial charge in [0.05, 0.1) is 5.36 Å². The molecule has 2 aromatic carbocycles. The summed E-state index contributed by atoms with van der Waals surface area (Å²) in [5, 5.41) is 6.56. The molecule has 0 amide bonds. The molecule has 0 fully saturated rings. The Bertz CT molecular complexity index is 1150. The topological polar surface area (TPSA) is 64.7 Å². The van der Waals surface area contributed by atoms with Crippen LogP contribution in [0.3, 0.4) is 0 Å². The third-order valence-corrected chi connectivity index (χ3v) is 4.36. The standard InChI is InChI=1S/C20H18N2O2/c1-11-4-6-14-13(3)20(24-17(14)8-11)19-10-16(22-21)15-7-5-12(2)9-18(15)23-19/h4-10H,21H2,1-3H3. The van der Waals surface area contributed by atoms with Crippen molar-refractivity contribution in [3.63, 3.8) is 0 Å². The predicted octanol–water partition coefficient (Wildman–Crippen LogP) is 4.55. The van der Waals surface area contributed by atoms with Gasteiger partial charge in [-0.3, -0.25) is 0 Å². The second-order valence-electron chi connectivity index (χ2n) is 6.18. The van der Waals surface area contributed by atoms with E-state index in [0.717, 1.165) is 38.6 Å². The van der Waals surface area contributed by atoms with Crippen LogP contribution < -0.4 is 11.2 Å². The minimum absolute atomic E-state index is 0.628. The number of benzene rings is 2. The summed E-state index contributed by atoms with van der Waals surface area (Å²) in [5.41, 5.74) is 4.92. The molecule has 4 rings (SSSR count).